The van der Waals surface area contributed by atoms with E-state index in [-0.39, 0.29) is 6.10 Å². The van der Waals surface area contributed by atoms with Gasteiger partial charge < -0.3 is 10.5 Å². The molecule has 0 aliphatic heterocycles. The van der Waals surface area contributed by atoms with Crippen LogP contribution in [0, 0.1) is 0 Å². The molecule has 0 saturated heterocycles. The molecule has 96 valence electrons. The Kier molecular flexibility index (Phi) is 11.2. The first kappa shape index (κ1) is 15.9. The summed E-state index contributed by atoms with van der Waals surface area (Å²) < 4.78 is 5.74. The average Bonchev–Trinajstić information content (AvgIpc) is 2.25. The number of rotatable bonds is 11. The molecule has 0 bridgehead atoms. The first-order valence-corrected chi connectivity index (χ1v) is 7.01. The molecule has 0 saturated carbocycles. The van der Waals surface area contributed by atoms with E-state index in [1.54, 1.807) is 0 Å². The predicted molar refractivity (Wildman–Crippen MR) is 74.8 cm³/mol. The van der Waals surface area contributed by atoms with Crippen LogP contribution in [0.25, 0.3) is 0 Å². The largest absolute Gasteiger partial charge is 0.393 e. The molecule has 2 nitrogen and oxygen atoms in total. The molecule has 0 rings (SSSR count). The lowest BCUT2D eigenvalue weighted by Crippen LogP contribution is -2.21. The molecule has 2 N–H and O–H groups in total. The van der Waals surface area contributed by atoms with Gasteiger partial charge in [0.15, 0.2) is 0 Å². The van der Waals surface area contributed by atoms with Crippen LogP contribution in [-0.2, 0) is 4.74 Å². The van der Waals surface area contributed by atoms with Crippen molar-refractivity contribution in [3.8, 4) is 0 Å². The van der Waals surface area contributed by atoms with Gasteiger partial charge in [-0.15, -0.1) is 0 Å². The standard InChI is InChI=1S/C13H27NOS/c1-3-5-6-7-8-9-10-15-12(4-2)11-13(14)16/h12H,3-11H2,1-2H3,(H2,14,16). The third-order valence-corrected chi connectivity index (χ3v) is 2.90. The van der Waals surface area contributed by atoms with Crippen molar-refractivity contribution in [3.63, 3.8) is 0 Å². The fourth-order valence-electron chi connectivity index (χ4n) is 1.68. The fourth-order valence-corrected chi connectivity index (χ4v) is 1.86. The van der Waals surface area contributed by atoms with Gasteiger partial charge in [0.25, 0.3) is 0 Å². The van der Waals surface area contributed by atoms with Crippen molar-refractivity contribution >= 4 is 17.2 Å². The van der Waals surface area contributed by atoms with Crippen molar-refractivity contribution in [2.24, 2.45) is 5.73 Å². The third-order valence-electron chi connectivity index (χ3n) is 2.74. The minimum atomic E-state index is 0.230. The molecule has 1 atom stereocenters. The van der Waals surface area contributed by atoms with E-state index in [0.29, 0.717) is 4.99 Å². The molecular formula is C13H27NOS. The molecule has 0 aromatic rings. The Labute approximate surface area is 106 Å². The molecule has 0 spiro atoms. The zero-order valence-electron chi connectivity index (χ0n) is 10.8. The summed E-state index contributed by atoms with van der Waals surface area (Å²) in [5, 5.41) is 0. The summed E-state index contributed by atoms with van der Waals surface area (Å²) in [6, 6.07) is 0. The molecule has 0 amide bonds. The van der Waals surface area contributed by atoms with Crippen molar-refractivity contribution < 1.29 is 4.74 Å². The summed E-state index contributed by atoms with van der Waals surface area (Å²) in [4.78, 5) is 0.565. The maximum Gasteiger partial charge on any atom is 0.0753 e. The van der Waals surface area contributed by atoms with Crippen LogP contribution in [-0.4, -0.2) is 17.7 Å². The minimum Gasteiger partial charge on any atom is -0.393 e. The maximum absolute atomic E-state index is 5.74. The van der Waals surface area contributed by atoms with Crippen molar-refractivity contribution in [2.45, 2.75) is 71.3 Å². The van der Waals surface area contributed by atoms with Gasteiger partial charge in [0.1, 0.15) is 0 Å². The first-order chi connectivity index (χ1) is 7.70. The van der Waals surface area contributed by atoms with Crippen molar-refractivity contribution in [3.05, 3.63) is 0 Å². The van der Waals surface area contributed by atoms with Crippen LogP contribution in [0.4, 0.5) is 0 Å². The zero-order valence-corrected chi connectivity index (χ0v) is 11.7. The summed E-state index contributed by atoms with van der Waals surface area (Å²) >= 11 is 4.89. The van der Waals surface area contributed by atoms with E-state index in [9.17, 15) is 0 Å². The highest BCUT2D eigenvalue weighted by atomic mass is 32.1. The van der Waals surface area contributed by atoms with E-state index in [1.807, 2.05) is 0 Å². The Morgan fingerprint density at radius 2 is 1.75 bits per heavy atom. The van der Waals surface area contributed by atoms with E-state index < -0.39 is 0 Å². The van der Waals surface area contributed by atoms with Gasteiger partial charge in [-0.2, -0.15) is 0 Å². The lowest BCUT2D eigenvalue weighted by atomic mass is 10.1. The molecule has 0 aliphatic carbocycles. The molecule has 0 heterocycles. The van der Waals surface area contributed by atoms with Gasteiger partial charge in [0.05, 0.1) is 11.1 Å². The molecular weight excluding hydrogens is 218 g/mol. The number of hydrogen-bond donors (Lipinski definition) is 1. The molecule has 0 fully saturated rings. The van der Waals surface area contributed by atoms with Crippen molar-refractivity contribution in [1.29, 1.82) is 0 Å². The summed E-state index contributed by atoms with van der Waals surface area (Å²) in [7, 11) is 0. The summed E-state index contributed by atoms with van der Waals surface area (Å²) in [6.07, 6.45) is 9.76. The lowest BCUT2D eigenvalue weighted by molar-refractivity contribution is 0.0531. The second kappa shape index (κ2) is 11.3. The third kappa shape index (κ3) is 10.4. The molecule has 0 radical (unpaired) electrons. The predicted octanol–water partition coefficient (Wildman–Crippen LogP) is 3.82. The number of nitrogens with two attached hydrogens (primary N) is 1. The normalized spacial score (nSPS) is 12.6. The van der Waals surface area contributed by atoms with Gasteiger partial charge in [-0.1, -0.05) is 58.2 Å². The topological polar surface area (TPSA) is 35.2 Å². The zero-order chi connectivity index (χ0) is 12.2. The summed E-state index contributed by atoms with van der Waals surface area (Å²) in [5.41, 5.74) is 5.51. The van der Waals surface area contributed by atoms with Crippen LogP contribution in [0.5, 0.6) is 0 Å². The molecule has 0 aliphatic rings. The van der Waals surface area contributed by atoms with E-state index >= 15 is 0 Å². The quantitative estimate of drug-likeness (QED) is 0.444. The highest BCUT2D eigenvalue weighted by Crippen LogP contribution is 2.08. The Hall–Kier alpha value is -0.150. The van der Waals surface area contributed by atoms with Crippen molar-refractivity contribution in [1.82, 2.24) is 0 Å². The van der Waals surface area contributed by atoms with Gasteiger partial charge in [-0.25, -0.2) is 0 Å². The van der Waals surface area contributed by atoms with Crippen LogP contribution in [0.2, 0.25) is 0 Å². The lowest BCUT2D eigenvalue weighted by Gasteiger charge is -2.15. The molecule has 3 heteroatoms. The number of hydrogen-bond acceptors (Lipinski definition) is 2. The van der Waals surface area contributed by atoms with Gasteiger partial charge in [-0.3, -0.25) is 0 Å². The van der Waals surface area contributed by atoms with E-state index in [1.165, 1.54) is 32.1 Å². The number of ether oxygens (including phenoxy) is 1. The minimum absolute atomic E-state index is 0.230. The second-order valence-corrected chi connectivity index (χ2v) is 4.86. The SMILES string of the molecule is CCCCCCCCOC(CC)CC(N)=S. The second-order valence-electron chi connectivity index (χ2n) is 4.34. The monoisotopic (exact) mass is 245 g/mol. The molecule has 1 unspecified atom stereocenters. The summed E-state index contributed by atoms with van der Waals surface area (Å²) in [5.74, 6) is 0. The van der Waals surface area contributed by atoms with E-state index in [2.05, 4.69) is 13.8 Å². The van der Waals surface area contributed by atoms with Crippen molar-refractivity contribution in [2.75, 3.05) is 6.61 Å². The van der Waals surface area contributed by atoms with Crippen LogP contribution < -0.4 is 5.73 Å². The van der Waals surface area contributed by atoms with E-state index in [4.69, 9.17) is 22.7 Å². The Morgan fingerprint density at radius 1 is 1.12 bits per heavy atom. The van der Waals surface area contributed by atoms with Gasteiger partial charge >= 0.3 is 0 Å². The average molecular weight is 245 g/mol. The van der Waals surface area contributed by atoms with Gasteiger partial charge in [0.2, 0.25) is 0 Å². The number of unbranched alkanes of at least 4 members (excludes halogenated alkanes) is 5. The first-order valence-electron chi connectivity index (χ1n) is 6.60. The molecule has 0 aromatic carbocycles. The fraction of sp³-hybridized carbons (Fsp3) is 0.923. The Balaban J connectivity index is 3.31. The number of thiocarbonyl (C=S) groups is 1. The molecule has 16 heavy (non-hydrogen) atoms. The molecule has 0 aromatic heterocycles. The van der Waals surface area contributed by atoms with E-state index in [0.717, 1.165) is 25.9 Å². The smallest absolute Gasteiger partial charge is 0.0753 e. The maximum atomic E-state index is 5.74. The van der Waals surface area contributed by atoms with Gasteiger partial charge in [0, 0.05) is 13.0 Å². The Morgan fingerprint density at radius 3 is 2.31 bits per heavy atom. The van der Waals surface area contributed by atoms with Crippen LogP contribution in [0.15, 0.2) is 0 Å². The van der Waals surface area contributed by atoms with Crippen LogP contribution in [0.3, 0.4) is 0 Å². The van der Waals surface area contributed by atoms with Crippen LogP contribution in [0.1, 0.15) is 65.2 Å². The Bertz CT molecular complexity index is 173. The van der Waals surface area contributed by atoms with Crippen LogP contribution >= 0.6 is 12.2 Å². The van der Waals surface area contributed by atoms with Gasteiger partial charge in [-0.05, 0) is 12.8 Å². The highest BCUT2D eigenvalue weighted by Gasteiger charge is 2.07. The summed E-state index contributed by atoms with van der Waals surface area (Å²) in [6.45, 7) is 5.21. The highest BCUT2D eigenvalue weighted by molar-refractivity contribution is 7.80.